The van der Waals surface area contributed by atoms with Crippen molar-refractivity contribution in [3.63, 3.8) is 0 Å². The first-order valence-electron chi connectivity index (χ1n) is 10.1. The number of aromatic amines is 1. The van der Waals surface area contributed by atoms with E-state index in [2.05, 4.69) is 9.97 Å². The van der Waals surface area contributed by atoms with Crippen molar-refractivity contribution in [1.82, 2.24) is 14.9 Å². The van der Waals surface area contributed by atoms with Gasteiger partial charge in [0.1, 0.15) is 11.6 Å². The third kappa shape index (κ3) is 3.15. The number of benzene rings is 2. The number of nitrogens with one attached hydrogen (secondary N) is 1. The molecule has 1 saturated heterocycles. The first-order chi connectivity index (χ1) is 15.6. The number of likely N-dealkylation sites (tertiary alicyclic amines) is 1. The summed E-state index contributed by atoms with van der Waals surface area (Å²) in [6.45, 7) is -0.00488. The number of H-pyrrole nitrogens is 1. The summed E-state index contributed by atoms with van der Waals surface area (Å²) in [7, 11) is 0. The van der Waals surface area contributed by atoms with Crippen LogP contribution in [0, 0.1) is 5.82 Å². The van der Waals surface area contributed by atoms with Gasteiger partial charge in [0.25, 0.3) is 11.7 Å². The number of aliphatic hydroxyl groups is 1. The Morgan fingerprint density at radius 3 is 2.56 bits per heavy atom. The Morgan fingerprint density at radius 2 is 1.78 bits per heavy atom. The highest BCUT2D eigenvalue weighted by atomic mass is 19.1. The molecule has 1 amide bonds. The molecule has 5 rings (SSSR count). The van der Waals surface area contributed by atoms with Gasteiger partial charge in [-0.3, -0.25) is 14.6 Å². The number of fused-ring (bicyclic) bond motifs is 1. The molecule has 0 radical (unpaired) electrons. The summed E-state index contributed by atoms with van der Waals surface area (Å²) in [5.41, 5.74) is 1.66. The summed E-state index contributed by atoms with van der Waals surface area (Å²) in [5.74, 6) is -2.60. The second-order valence-electron chi connectivity index (χ2n) is 7.52. The Morgan fingerprint density at radius 1 is 1.03 bits per heavy atom. The summed E-state index contributed by atoms with van der Waals surface area (Å²) in [6.07, 6.45) is 3.15. The Hall–Kier alpha value is -4.26. The average Bonchev–Trinajstić information content (AvgIpc) is 3.35. The van der Waals surface area contributed by atoms with Crippen LogP contribution >= 0.6 is 0 Å². The lowest BCUT2D eigenvalue weighted by Crippen LogP contribution is -2.30. The maximum Gasteiger partial charge on any atom is 0.296 e. The number of rotatable bonds is 4. The Labute approximate surface area is 182 Å². The molecule has 1 fully saturated rings. The molecule has 0 aliphatic carbocycles. The van der Waals surface area contributed by atoms with E-state index in [9.17, 15) is 19.1 Å². The third-order valence-electron chi connectivity index (χ3n) is 5.64. The predicted molar refractivity (Wildman–Crippen MR) is 117 cm³/mol. The van der Waals surface area contributed by atoms with Gasteiger partial charge in [0, 0.05) is 34.4 Å². The number of Topliss-reactive ketones (excluding diaryl/α,β-unsaturated/α-hetero) is 1. The predicted octanol–water partition coefficient (Wildman–Crippen LogP) is 4.32. The van der Waals surface area contributed by atoms with Gasteiger partial charge in [-0.05, 0) is 24.3 Å². The van der Waals surface area contributed by atoms with Gasteiger partial charge < -0.3 is 15.0 Å². The zero-order chi connectivity index (χ0) is 22.2. The standard InChI is InChI=1S/C25H18FN3O3/c26-19-10-3-1-9-17(19)22-21(23(30)18-13-28-20-11-4-2-8-16(18)20)24(31)25(32)29(22)14-15-7-5-6-12-27-15/h1-13,22,28,30H,14H2/b23-21+. The Bertz CT molecular complexity index is 1380. The van der Waals surface area contributed by atoms with E-state index in [-0.39, 0.29) is 23.4 Å². The molecule has 0 saturated carbocycles. The number of pyridine rings is 1. The fourth-order valence-electron chi connectivity index (χ4n) is 4.14. The second-order valence-corrected chi connectivity index (χ2v) is 7.52. The van der Waals surface area contributed by atoms with Crippen molar-refractivity contribution in [2.75, 3.05) is 0 Å². The molecule has 6 nitrogen and oxygen atoms in total. The number of para-hydroxylation sites is 1. The number of hydrogen-bond acceptors (Lipinski definition) is 4. The topological polar surface area (TPSA) is 86.3 Å². The minimum absolute atomic E-state index is 0.00488. The van der Waals surface area contributed by atoms with Crippen molar-refractivity contribution >= 4 is 28.4 Å². The largest absolute Gasteiger partial charge is 0.507 e. The van der Waals surface area contributed by atoms with Gasteiger partial charge in [-0.2, -0.15) is 0 Å². The van der Waals surface area contributed by atoms with E-state index in [0.29, 0.717) is 16.6 Å². The Kier molecular flexibility index (Phi) is 4.78. The lowest BCUT2D eigenvalue weighted by atomic mass is 9.94. The number of halogens is 1. The van der Waals surface area contributed by atoms with E-state index in [1.54, 1.807) is 48.8 Å². The van der Waals surface area contributed by atoms with Gasteiger partial charge >= 0.3 is 0 Å². The summed E-state index contributed by atoms with van der Waals surface area (Å²) in [6, 6.07) is 17.4. The van der Waals surface area contributed by atoms with Crippen molar-refractivity contribution in [1.29, 1.82) is 0 Å². The highest BCUT2D eigenvalue weighted by Crippen LogP contribution is 2.41. The van der Waals surface area contributed by atoms with Crippen LogP contribution in [-0.4, -0.2) is 31.7 Å². The van der Waals surface area contributed by atoms with Gasteiger partial charge in [0.2, 0.25) is 0 Å². The van der Waals surface area contributed by atoms with Crippen molar-refractivity contribution in [3.05, 3.63) is 107 Å². The number of carbonyl (C=O) groups excluding carboxylic acids is 2. The van der Waals surface area contributed by atoms with Crippen LogP contribution in [0.25, 0.3) is 16.7 Å². The van der Waals surface area contributed by atoms with Gasteiger partial charge in [-0.25, -0.2) is 4.39 Å². The van der Waals surface area contributed by atoms with Crippen LogP contribution < -0.4 is 0 Å². The molecule has 0 spiro atoms. The number of aliphatic hydroxyl groups excluding tert-OH is 1. The number of hydrogen-bond donors (Lipinski definition) is 2. The summed E-state index contributed by atoms with van der Waals surface area (Å²) < 4.78 is 14.9. The Balaban J connectivity index is 1.71. The van der Waals surface area contributed by atoms with Crippen molar-refractivity contribution < 1.29 is 19.1 Å². The van der Waals surface area contributed by atoms with Crippen molar-refractivity contribution in [2.45, 2.75) is 12.6 Å². The minimum Gasteiger partial charge on any atom is -0.507 e. The molecule has 4 aromatic rings. The molecule has 1 atom stereocenters. The first kappa shape index (κ1) is 19.7. The van der Waals surface area contributed by atoms with E-state index < -0.39 is 23.5 Å². The zero-order valence-electron chi connectivity index (χ0n) is 16.8. The molecule has 3 heterocycles. The normalized spacial score (nSPS) is 17.9. The van der Waals surface area contributed by atoms with Crippen molar-refractivity contribution in [3.8, 4) is 0 Å². The second kappa shape index (κ2) is 7.77. The molecule has 2 aromatic carbocycles. The molecule has 1 aliphatic rings. The van der Waals surface area contributed by atoms with Gasteiger partial charge in [-0.1, -0.05) is 42.5 Å². The van der Waals surface area contributed by atoms with E-state index >= 15 is 0 Å². The molecule has 0 bridgehead atoms. The number of nitrogens with zero attached hydrogens (tertiary/aromatic N) is 2. The van der Waals surface area contributed by atoms with Gasteiger partial charge in [-0.15, -0.1) is 0 Å². The average molecular weight is 427 g/mol. The summed E-state index contributed by atoms with van der Waals surface area (Å²) >= 11 is 0. The number of amides is 1. The summed E-state index contributed by atoms with van der Waals surface area (Å²) in [5, 5.41) is 11.9. The zero-order valence-corrected chi connectivity index (χ0v) is 16.8. The summed E-state index contributed by atoms with van der Waals surface area (Å²) in [4.78, 5) is 34.7. The quantitative estimate of drug-likeness (QED) is 0.288. The highest BCUT2D eigenvalue weighted by molar-refractivity contribution is 6.46. The fourth-order valence-corrected chi connectivity index (χ4v) is 4.14. The van der Waals surface area contributed by atoms with Gasteiger partial charge in [0.15, 0.2) is 0 Å². The lowest BCUT2D eigenvalue weighted by molar-refractivity contribution is -0.140. The molecule has 158 valence electrons. The SMILES string of the molecule is O=C1C(=O)N(Cc2ccccn2)C(c2ccccc2F)/C1=C(\O)c1c[nH]c2ccccc12. The number of ketones is 1. The van der Waals surface area contributed by atoms with Crippen LogP contribution in [0.5, 0.6) is 0 Å². The maximum absolute atomic E-state index is 14.9. The third-order valence-corrected chi connectivity index (χ3v) is 5.64. The number of aromatic nitrogens is 2. The van der Waals surface area contributed by atoms with Gasteiger partial charge in [0.05, 0.1) is 23.9 Å². The van der Waals surface area contributed by atoms with Crippen LogP contribution in [0.15, 0.2) is 84.7 Å². The van der Waals surface area contributed by atoms with E-state index in [1.165, 1.54) is 23.1 Å². The van der Waals surface area contributed by atoms with Crippen molar-refractivity contribution in [2.24, 2.45) is 0 Å². The van der Waals surface area contributed by atoms with Crippen LogP contribution in [0.4, 0.5) is 4.39 Å². The van der Waals surface area contributed by atoms with Crippen LogP contribution in [-0.2, 0) is 16.1 Å². The molecule has 2 aromatic heterocycles. The molecular formula is C25H18FN3O3. The molecule has 7 heteroatoms. The smallest absolute Gasteiger partial charge is 0.296 e. The number of carbonyl (C=O) groups is 2. The lowest BCUT2D eigenvalue weighted by Gasteiger charge is -2.25. The van der Waals surface area contributed by atoms with E-state index in [4.69, 9.17) is 0 Å². The van der Waals surface area contributed by atoms with Crippen LogP contribution in [0.2, 0.25) is 0 Å². The molecule has 32 heavy (non-hydrogen) atoms. The van der Waals surface area contributed by atoms with Crippen LogP contribution in [0.3, 0.4) is 0 Å². The van der Waals surface area contributed by atoms with E-state index in [0.717, 1.165) is 5.52 Å². The molecule has 1 unspecified atom stereocenters. The first-order valence-corrected chi connectivity index (χ1v) is 10.1. The van der Waals surface area contributed by atoms with Crippen LogP contribution in [0.1, 0.15) is 22.9 Å². The maximum atomic E-state index is 14.9. The highest BCUT2D eigenvalue weighted by Gasteiger charge is 2.47. The minimum atomic E-state index is -1.09. The van der Waals surface area contributed by atoms with E-state index in [1.807, 2.05) is 12.1 Å². The molecule has 2 N–H and O–H groups in total. The molecular weight excluding hydrogens is 409 g/mol. The monoisotopic (exact) mass is 427 g/mol. The molecule has 1 aliphatic heterocycles. The fraction of sp³-hybridized carbons (Fsp3) is 0.0800.